The predicted molar refractivity (Wildman–Crippen MR) is 103 cm³/mol. The van der Waals surface area contributed by atoms with Crippen molar-refractivity contribution in [1.82, 2.24) is 19.7 Å². The summed E-state index contributed by atoms with van der Waals surface area (Å²) >= 11 is 0. The summed E-state index contributed by atoms with van der Waals surface area (Å²) in [5.74, 6) is 1.10. The fourth-order valence-corrected chi connectivity index (χ4v) is 3.69. The monoisotopic (exact) mass is 379 g/mol. The van der Waals surface area contributed by atoms with Gasteiger partial charge in [0, 0.05) is 29.3 Å². The molecular weight excluding hydrogens is 358 g/mol. The number of aromatic hydroxyl groups is 1. The molecule has 8 heteroatoms. The maximum absolute atomic E-state index is 12.5. The normalized spacial score (nSPS) is 15.9. The highest BCUT2D eigenvalue weighted by Gasteiger charge is 2.33. The highest BCUT2D eigenvalue weighted by Crippen LogP contribution is 2.41. The number of aryl methyl sites for hydroxylation is 3. The molecule has 1 amide bonds. The largest absolute Gasteiger partial charge is 0.504 e. The lowest BCUT2D eigenvalue weighted by atomic mass is 9.85. The Morgan fingerprint density at radius 2 is 1.89 bits per heavy atom. The molecular formula is C20H21N5O3. The molecule has 1 aliphatic heterocycles. The molecule has 0 saturated heterocycles. The van der Waals surface area contributed by atoms with Crippen LogP contribution in [0.3, 0.4) is 0 Å². The van der Waals surface area contributed by atoms with Crippen LogP contribution in [-0.2, 0) is 4.79 Å². The molecule has 0 unspecified atom stereocenters. The van der Waals surface area contributed by atoms with Gasteiger partial charge in [-0.15, -0.1) is 0 Å². The minimum atomic E-state index is -0.210. The van der Waals surface area contributed by atoms with Gasteiger partial charge < -0.3 is 15.2 Å². The number of ether oxygens (including phenoxy) is 1. The van der Waals surface area contributed by atoms with Crippen LogP contribution in [-0.4, -0.2) is 37.9 Å². The van der Waals surface area contributed by atoms with Crippen molar-refractivity contribution in [3.8, 4) is 17.4 Å². The highest BCUT2D eigenvalue weighted by atomic mass is 16.5. The number of methoxy groups -OCH3 is 1. The number of hydrogen-bond acceptors (Lipinski definition) is 6. The fraction of sp³-hybridized carbons (Fsp3) is 0.300. The van der Waals surface area contributed by atoms with Crippen molar-refractivity contribution < 1.29 is 14.6 Å². The zero-order valence-corrected chi connectivity index (χ0v) is 16.1. The molecule has 2 N–H and O–H groups in total. The number of fused-ring (bicyclic) bond motifs is 1. The Morgan fingerprint density at radius 1 is 1.18 bits per heavy atom. The number of amides is 1. The summed E-state index contributed by atoms with van der Waals surface area (Å²) in [6.07, 6.45) is 0.279. The summed E-state index contributed by atoms with van der Waals surface area (Å²) in [5, 5.41) is 17.4. The Labute approximate surface area is 162 Å². The summed E-state index contributed by atoms with van der Waals surface area (Å²) in [6, 6.07) is 7.02. The summed E-state index contributed by atoms with van der Waals surface area (Å²) < 4.78 is 6.82. The second kappa shape index (κ2) is 6.63. The molecule has 3 aromatic rings. The zero-order chi connectivity index (χ0) is 20.0. The summed E-state index contributed by atoms with van der Waals surface area (Å²) in [4.78, 5) is 21.4. The van der Waals surface area contributed by atoms with Gasteiger partial charge in [0.1, 0.15) is 5.82 Å². The number of carbonyl (C=O) groups is 1. The Morgan fingerprint density at radius 3 is 2.57 bits per heavy atom. The van der Waals surface area contributed by atoms with Gasteiger partial charge in [-0.3, -0.25) is 4.79 Å². The van der Waals surface area contributed by atoms with E-state index >= 15 is 0 Å². The first-order chi connectivity index (χ1) is 13.4. The van der Waals surface area contributed by atoms with Crippen molar-refractivity contribution in [1.29, 1.82) is 0 Å². The number of anilines is 1. The fourth-order valence-electron chi connectivity index (χ4n) is 3.69. The van der Waals surface area contributed by atoms with Gasteiger partial charge in [0.25, 0.3) is 5.95 Å². The number of hydrogen-bond donors (Lipinski definition) is 2. The van der Waals surface area contributed by atoms with Crippen LogP contribution in [0.15, 0.2) is 24.3 Å². The van der Waals surface area contributed by atoms with E-state index in [1.807, 2.05) is 26.8 Å². The van der Waals surface area contributed by atoms with E-state index in [9.17, 15) is 9.90 Å². The van der Waals surface area contributed by atoms with Gasteiger partial charge in [0.05, 0.1) is 12.8 Å². The van der Waals surface area contributed by atoms with Crippen molar-refractivity contribution in [2.75, 3.05) is 12.4 Å². The van der Waals surface area contributed by atoms with E-state index in [0.717, 1.165) is 28.2 Å². The summed E-state index contributed by atoms with van der Waals surface area (Å²) in [5.41, 5.74) is 4.22. The van der Waals surface area contributed by atoms with E-state index in [1.165, 1.54) is 7.11 Å². The van der Waals surface area contributed by atoms with Gasteiger partial charge in [-0.25, -0.2) is 9.97 Å². The number of rotatable bonds is 3. The Balaban J connectivity index is 1.88. The quantitative estimate of drug-likeness (QED) is 0.725. The number of benzene rings is 1. The molecule has 0 spiro atoms. The first kappa shape index (κ1) is 18.0. The van der Waals surface area contributed by atoms with Crippen molar-refractivity contribution >= 4 is 11.7 Å². The number of phenolic OH excluding ortho intramolecular Hbond substituents is 1. The highest BCUT2D eigenvalue weighted by molar-refractivity contribution is 5.95. The Bertz CT molecular complexity index is 1070. The van der Waals surface area contributed by atoms with Crippen LogP contribution in [0.2, 0.25) is 0 Å². The van der Waals surface area contributed by atoms with Crippen LogP contribution >= 0.6 is 0 Å². The third-order valence-electron chi connectivity index (χ3n) is 4.87. The molecule has 1 aromatic carbocycles. The number of phenols is 1. The van der Waals surface area contributed by atoms with Crippen molar-refractivity contribution in [2.24, 2.45) is 0 Å². The molecule has 1 aliphatic rings. The maximum atomic E-state index is 12.5. The van der Waals surface area contributed by atoms with E-state index in [4.69, 9.17) is 4.74 Å². The molecule has 144 valence electrons. The molecule has 0 aliphatic carbocycles. The lowest BCUT2D eigenvalue weighted by Gasteiger charge is -2.24. The first-order valence-electron chi connectivity index (χ1n) is 8.96. The number of nitrogens with zero attached hydrogens (tertiary/aromatic N) is 4. The van der Waals surface area contributed by atoms with Crippen LogP contribution in [0.1, 0.15) is 40.5 Å². The molecule has 8 nitrogen and oxygen atoms in total. The lowest BCUT2D eigenvalue weighted by molar-refractivity contribution is -0.116. The van der Waals surface area contributed by atoms with E-state index in [2.05, 4.69) is 20.4 Å². The van der Waals surface area contributed by atoms with Crippen LogP contribution in [0.25, 0.3) is 5.95 Å². The van der Waals surface area contributed by atoms with E-state index < -0.39 is 0 Å². The minimum Gasteiger partial charge on any atom is -0.504 e. The van der Waals surface area contributed by atoms with Gasteiger partial charge >= 0.3 is 0 Å². The van der Waals surface area contributed by atoms with E-state index in [0.29, 0.717) is 17.5 Å². The van der Waals surface area contributed by atoms with E-state index in [1.54, 1.807) is 22.9 Å². The molecule has 28 heavy (non-hydrogen) atoms. The molecule has 0 fully saturated rings. The van der Waals surface area contributed by atoms with Crippen LogP contribution in [0.5, 0.6) is 11.5 Å². The zero-order valence-electron chi connectivity index (χ0n) is 16.1. The van der Waals surface area contributed by atoms with Crippen molar-refractivity contribution in [3.05, 3.63) is 52.5 Å². The second-order valence-electron chi connectivity index (χ2n) is 6.95. The van der Waals surface area contributed by atoms with Crippen LogP contribution < -0.4 is 10.1 Å². The SMILES string of the molecule is COc1cc([C@@H]2CC(=O)Nc3c2c(C)nn3-c2nc(C)cc(C)n2)ccc1O. The van der Waals surface area contributed by atoms with Gasteiger partial charge in [-0.1, -0.05) is 6.07 Å². The van der Waals surface area contributed by atoms with Crippen molar-refractivity contribution in [3.63, 3.8) is 0 Å². The Hall–Kier alpha value is -3.42. The lowest BCUT2D eigenvalue weighted by Crippen LogP contribution is -2.25. The number of aromatic nitrogens is 4. The second-order valence-corrected chi connectivity index (χ2v) is 6.95. The third-order valence-corrected chi connectivity index (χ3v) is 4.87. The molecule has 0 radical (unpaired) electrons. The topological polar surface area (TPSA) is 102 Å². The number of nitrogens with one attached hydrogen (secondary N) is 1. The predicted octanol–water partition coefficient (Wildman–Crippen LogP) is 2.78. The molecule has 0 saturated carbocycles. The minimum absolute atomic E-state index is 0.0581. The Kier molecular flexibility index (Phi) is 4.26. The van der Waals surface area contributed by atoms with Crippen LogP contribution in [0.4, 0.5) is 5.82 Å². The summed E-state index contributed by atoms with van der Waals surface area (Å²) in [7, 11) is 1.50. The molecule has 4 rings (SSSR count). The van der Waals surface area contributed by atoms with Gasteiger partial charge in [0.2, 0.25) is 5.91 Å². The van der Waals surface area contributed by atoms with Gasteiger partial charge in [-0.2, -0.15) is 9.78 Å². The van der Waals surface area contributed by atoms with Crippen LogP contribution in [0, 0.1) is 20.8 Å². The molecule has 2 aromatic heterocycles. The van der Waals surface area contributed by atoms with Crippen molar-refractivity contribution in [2.45, 2.75) is 33.1 Å². The number of carbonyl (C=O) groups excluding carboxylic acids is 1. The smallest absolute Gasteiger partial charge is 0.252 e. The molecule has 1 atom stereocenters. The van der Waals surface area contributed by atoms with Gasteiger partial charge in [0.15, 0.2) is 11.5 Å². The molecule has 3 heterocycles. The first-order valence-corrected chi connectivity index (χ1v) is 8.96. The van der Waals surface area contributed by atoms with Gasteiger partial charge in [-0.05, 0) is 44.5 Å². The van der Waals surface area contributed by atoms with E-state index in [-0.39, 0.29) is 24.0 Å². The standard InChI is InChI=1S/C20H21N5O3/c1-10-7-11(2)22-20(21-10)25-19-18(12(3)24-25)14(9-17(27)23-19)13-5-6-15(26)16(8-13)28-4/h5-8,14,26H,9H2,1-4H3,(H,23,27)/t14-/m0/s1. The maximum Gasteiger partial charge on any atom is 0.252 e. The average molecular weight is 379 g/mol. The average Bonchev–Trinajstić information content (AvgIpc) is 2.97. The molecule has 0 bridgehead atoms. The summed E-state index contributed by atoms with van der Waals surface area (Å²) in [6.45, 7) is 5.69. The third kappa shape index (κ3) is 2.96.